The number of ether oxygens (including phenoxy) is 4. The Balaban J connectivity index is 4.94. The summed E-state index contributed by atoms with van der Waals surface area (Å²) in [6, 6.07) is 0. The lowest BCUT2D eigenvalue weighted by Gasteiger charge is -2.31. The highest BCUT2D eigenvalue weighted by Crippen LogP contribution is 2.18. The van der Waals surface area contributed by atoms with E-state index in [4.69, 9.17) is 18.9 Å². The largest absolute Gasteiger partial charge is 0.412 e. The Hall–Kier alpha value is -2.64. The van der Waals surface area contributed by atoms with E-state index in [1.165, 1.54) is 24.3 Å². The fraction of sp³-hybridized carbons (Fsp3) is 0.692. The summed E-state index contributed by atoms with van der Waals surface area (Å²) in [5.41, 5.74) is 0. The van der Waals surface area contributed by atoms with Crippen molar-refractivity contribution in [3.8, 4) is 0 Å². The van der Waals surface area contributed by atoms with Crippen molar-refractivity contribution in [2.45, 2.75) is 6.16 Å². The van der Waals surface area contributed by atoms with Crippen molar-refractivity contribution >= 4 is 24.3 Å². The molecular formula is C13H16N4O8. The SMILES string of the molecule is O=C=NCCOC(OCCN=C=O)(OCCN=C=O)OCCN=C=O. The Kier molecular flexibility index (Phi) is 14.5. The first-order valence-corrected chi connectivity index (χ1v) is 6.95. The van der Waals surface area contributed by atoms with E-state index in [1.54, 1.807) is 0 Å². The summed E-state index contributed by atoms with van der Waals surface area (Å²) in [5, 5.41) is 0. The lowest BCUT2D eigenvalue weighted by Crippen LogP contribution is -2.44. The van der Waals surface area contributed by atoms with Gasteiger partial charge < -0.3 is 18.9 Å². The molecule has 0 aromatic carbocycles. The highest BCUT2D eigenvalue weighted by atomic mass is 17.0. The predicted octanol–water partition coefficient (Wildman–Crippen LogP) is -0.993. The van der Waals surface area contributed by atoms with Crippen molar-refractivity contribution < 1.29 is 38.1 Å². The van der Waals surface area contributed by atoms with Crippen LogP contribution in [-0.2, 0) is 38.1 Å². The molecule has 0 atom stereocenters. The van der Waals surface area contributed by atoms with Crippen molar-refractivity contribution in [2.24, 2.45) is 20.0 Å². The number of hydrogen-bond donors (Lipinski definition) is 0. The molecule has 0 aliphatic heterocycles. The number of hydrogen-bond acceptors (Lipinski definition) is 12. The predicted molar refractivity (Wildman–Crippen MR) is 78.5 cm³/mol. The van der Waals surface area contributed by atoms with Gasteiger partial charge in [0.05, 0.1) is 52.6 Å². The van der Waals surface area contributed by atoms with Crippen LogP contribution in [0, 0.1) is 0 Å². The minimum absolute atomic E-state index is 0.0488. The van der Waals surface area contributed by atoms with Gasteiger partial charge in [-0.25, -0.2) is 39.1 Å². The molecule has 0 amide bonds. The zero-order valence-corrected chi connectivity index (χ0v) is 13.2. The van der Waals surface area contributed by atoms with Crippen molar-refractivity contribution in [2.75, 3.05) is 52.6 Å². The molecule has 0 saturated carbocycles. The lowest BCUT2D eigenvalue weighted by atomic mass is 10.6. The monoisotopic (exact) mass is 356 g/mol. The van der Waals surface area contributed by atoms with Crippen molar-refractivity contribution in [3.63, 3.8) is 0 Å². The van der Waals surface area contributed by atoms with Crippen LogP contribution in [0.2, 0.25) is 0 Å². The molecule has 0 spiro atoms. The molecular weight excluding hydrogens is 340 g/mol. The van der Waals surface area contributed by atoms with Gasteiger partial charge in [0.15, 0.2) is 0 Å². The maximum atomic E-state index is 10.1. The van der Waals surface area contributed by atoms with Crippen LogP contribution in [0.3, 0.4) is 0 Å². The molecule has 0 aromatic heterocycles. The van der Waals surface area contributed by atoms with Crippen LogP contribution >= 0.6 is 0 Å². The van der Waals surface area contributed by atoms with Gasteiger partial charge in [-0.2, -0.15) is 0 Å². The van der Waals surface area contributed by atoms with E-state index in [0.29, 0.717) is 0 Å². The Labute approximate surface area is 142 Å². The first-order chi connectivity index (χ1) is 12.2. The van der Waals surface area contributed by atoms with Gasteiger partial charge in [0.25, 0.3) is 0 Å². The second-order valence-corrected chi connectivity index (χ2v) is 3.79. The molecule has 0 aliphatic carbocycles. The van der Waals surface area contributed by atoms with Crippen LogP contribution in [0.1, 0.15) is 0 Å². The van der Waals surface area contributed by atoms with Gasteiger partial charge in [-0.1, -0.05) is 0 Å². The first-order valence-electron chi connectivity index (χ1n) is 6.95. The van der Waals surface area contributed by atoms with Gasteiger partial charge in [-0.05, 0) is 0 Å². The highest BCUT2D eigenvalue weighted by Gasteiger charge is 2.35. The maximum absolute atomic E-state index is 10.1. The fourth-order valence-electron chi connectivity index (χ4n) is 1.30. The Morgan fingerprint density at radius 2 is 0.760 bits per heavy atom. The number of rotatable bonds is 16. The zero-order valence-electron chi connectivity index (χ0n) is 13.2. The normalized spacial score (nSPS) is 11.8. The van der Waals surface area contributed by atoms with E-state index >= 15 is 0 Å². The lowest BCUT2D eigenvalue weighted by molar-refractivity contribution is -0.496. The van der Waals surface area contributed by atoms with Gasteiger partial charge in [0.1, 0.15) is 0 Å². The molecule has 0 aromatic rings. The molecule has 0 N–H and O–H groups in total. The molecule has 12 heteroatoms. The van der Waals surface area contributed by atoms with E-state index in [-0.39, 0.29) is 52.6 Å². The highest BCUT2D eigenvalue weighted by molar-refractivity contribution is 5.33. The van der Waals surface area contributed by atoms with Gasteiger partial charge in [-0.3, -0.25) is 0 Å². The van der Waals surface area contributed by atoms with Crippen molar-refractivity contribution in [1.29, 1.82) is 0 Å². The molecule has 0 bridgehead atoms. The zero-order chi connectivity index (χ0) is 18.6. The smallest absolute Gasteiger partial charge is 0.301 e. The molecule has 0 fully saturated rings. The van der Waals surface area contributed by atoms with Gasteiger partial charge >= 0.3 is 6.16 Å². The number of isocyanates is 4. The number of nitrogens with zero attached hydrogens (tertiary/aromatic N) is 4. The van der Waals surface area contributed by atoms with Crippen molar-refractivity contribution in [3.05, 3.63) is 0 Å². The summed E-state index contributed by atoms with van der Waals surface area (Å²) in [4.78, 5) is 53.5. The minimum atomic E-state index is -2.06. The third-order valence-electron chi connectivity index (χ3n) is 2.19. The molecule has 0 radical (unpaired) electrons. The quantitative estimate of drug-likeness (QED) is 0.148. The second-order valence-electron chi connectivity index (χ2n) is 3.79. The molecule has 25 heavy (non-hydrogen) atoms. The van der Waals surface area contributed by atoms with E-state index in [0.717, 1.165) is 0 Å². The van der Waals surface area contributed by atoms with Gasteiger partial charge in [-0.15, -0.1) is 0 Å². The Bertz CT molecular complexity index is 457. The molecule has 0 rings (SSSR count). The fourth-order valence-corrected chi connectivity index (χ4v) is 1.30. The summed E-state index contributed by atoms with van der Waals surface area (Å²) in [5.74, 6) is 0. The minimum Gasteiger partial charge on any atom is -0.301 e. The first kappa shape index (κ1) is 22.4. The van der Waals surface area contributed by atoms with Gasteiger partial charge in [0, 0.05) is 0 Å². The average molecular weight is 356 g/mol. The number of carbonyl (C=O) groups excluding carboxylic acids is 4. The third kappa shape index (κ3) is 12.4. The van der Waals surface area contributed by atoms with Crippen LogP contribution in [0.25, 0.3) is 0 Å². The molecule has 0 unspecified atom stereocenters. The van der Waals surface area contributed by atoms with Gasteiger partial charge in [0.2, 0.25) is 24.3 Å². The van der Waals surface area contributed by atoms with E-state index < -0.39 is 6.16 Å². The van der Waals surface area contributed by atoms with Crippen LogP contribution in [0.5, 0.6) is 0 Å². The maximum Gasteiger partial charge on any atom is 0.412 e. The molecule has 0 aliphatic rings. The molecule has 0 saturated heterocycles. The van der Waals surface area contributed by atoms with Crippen LogP contribution < -0.4 is 0 Å². The third-order valence-corrected chi connectivity index (χ3v) is 2.19. The number of aliphatic imine (C=N–C) groups is 4. The summed E-state index contributed by atoms with van der Waals surface area (Å²) >= 11 is 0. The van der Waals surface area contributed by atoms with Crippen LogP contribution in [0.15, 0.2) is 20.0 Å². The molecule has 0 heterocycles. The molecule has 136 valence electrons. The summed E-state index contributed by atoms with van der Waals surface area (Å²) < 4.78 is 21.3. The van der Waals surface area contributed by atoms with Crippen LogP contribution in [0.4, 0.5) is 0 Å². The average Bonchev–Trinajstić information content (AvgIpc) is 2.63. The topological polar surface area (TPSA) is 155 Å². The second kappa shape index (κ2) is 16.2. The van der Waals surface area contributed by atoms with E-state index in [9.17, 15) is 19.2 Å². The van der Waals surface area contributed by atoms with E-state index in [2.05, 4.69) is 20.0 Å². The Morgan fingerprint density at radius 1 is 0.520 bits per heavy atom. The summed E-state index contributed by atoms with van der Waals surface area (Å²) in [7, 11) is 0. The standard InChI is InChI=1S/C13H16N4O8/c18-9-14-1-5-22-13(23-6-2-15-10-19,24-7-3-16-11-20)25-8-4-17-12-21/h1-8H2. The Morgan fingerprint density at radius 3 is 0.960 bits per heavy atom. The summed E-state index contributed by atoms with van der Waals surface area (Å²) in [6.45, 7) is -0.750. The summed E-state index contributed by atoms with van der Waals surface area (Å²) in [6.07, 6.45) is 3.27. The van der Waals surface area contributed by atoms with E-state index in [1.807, 2.05) is 0 Å². The van der Waals surface area contributed by atoms with Crippen molar-refractivity contribution in [1.82, 2.24) is 0 Å². The van der Waals surface area contributed by atoms with Crippen LogP contribution in [-0.4, -0.2) is 83.1 Å². The molecule has 12 nitrogen and oxygen atoms in total.